The Hall–Kier alpha value is -3.23. The molecular weight excluding hydrogens is 544 g/mol. The molecule has 42 heavy (non-hydrogen) atoms. The Labute approximate surface area is 255 Å². The molecule has 0 radical (unpaired) electrons. The summed E-state index contributed by atoms with van der Waals surface area (Å²) in [4.78, 5) is 20.7. The van der Waals surface area contributed by atoms with Crippen LogP contribution in [0, 0.1) is 0 Å². The molecule has 0 unspecified atom stereocenters. The minimum atomic E-state index is -0.136. The quantitative estimate of drug-likeness (QED) is 0.128. The first-order valence-electron chi connectivity index (χ1n) is 15.1. The minimum absolute atomic E-state index is 0.00184. The van der Waals surface area contributed by atoms with Crippen molar-refractivity contribution in [1.29, 1.82) is 0 Å². The van der Waals surface area contributed by atoms with Crippen molar-refractivity contribution in [1.82, 2.24) is 10.4 Å². The molecule has 8 heteroatoms. The van der Waals surface area contributed by atoms with E-state index in [1.54, 1.807) is 17.6 Å². The first kappa shape index (κ1) is 31.7. The third kappa shape index (κ3) is 7.98. The number of carbonyl (C=O) groups is 1. The second-order valence-corrected chi connectivity index (χ2v) is 13.1. The van der Waals surface area contributed by atoms with Crippen molar-refractivity contribution in [2.75, 3.05) is 37.8 Å². The van der Waals surface area contributed by atoms with Crippen LogP contribution in [0.25, 0.3) is 11.3 Å². The number of amides is 1. The summed E-state index contributed by atoms with van der Waals surface area (Å²) in [5, 5.41) is 5.23. The molecule has 1 N–H and O–H groups in total. The van der Waals surface area contributed by atoms with Gasteiger partial charge in [0.15, 0.2) is 5.13 Å². The van der Waals surface area contributed by atoms with Gasteiger partial charge in [-0.15, -0.1) is 0 Å². The lowest BCUT2D eigenvalue weighted by Gasteiger charge is -2.30. The average Bonchev–Trinajstić information content (AvgIpc) is 3.44. The van der Waals surface area contributed by atoms with Gasteiger partial charge in [-0.1, -0.05) is 95.3 Å². The van der Waals surface area contributed by atoms with Crippen molar-refractivity contribution in [2.24, 2.45) is 5.10 Å². The van der Waals surface area contributed by atoms with Crippen LogP contribution in [0.2, 0.25) is 0 Å². The molecule has 0 bridgehead atoms. The van der Waals surface area contributed by atoms with Gasteiger partial charge in [-0.2, -0.15) is 5.10 Å². The Kier molecular flexibility index (Phi) is 10.8. The fourth-order valence-electron chi connectivity index (χ4n) is 4.73. The molecule has 0 saturated carbocycles. The molecule has 1 aliphatic heterocycles. The van der Waals surface area contributed by atoms with E-state index >= 15 is 0 Å². The monoisotopic (exact) mass is 590 g/mol. The molecule has 1 saturated heterocycles. The van der Waals surface area contributed by atoms with Crippen LogP contribution in [0.1, 0.15) is 83.2 Å². The maximum Gasteiger partial charge on any atom is 0.240 e. The fraction of sp³-hybridized carbons (Fsp3) is 0.500. The van der Waals surface area contributed by atoms with E-state index in [1.807, 2.05) is 30.3 Å². The maximum absolute atomic E-state index is 12.6. The van der Waals surface area contributed by atoms with Gasteiger partial charge in [0.1, 0.15) is 5.75 Å². The number of benzene rings is 2. The maximum atomic E-state index is 12.6. The Morgan fingerprint density at radius 1 is 1.07 bits per heavy atom. The SMILES string of the molecule is CCC(C)(C)c1ccc(OCCCC(=O)NN=Cc2sc(N3CCOCC3)nc2-c2ccccc2)c(C(C)(C)CC)c1. The highest BCUT2D eigenvalue weighted by atomic mass is 32.1. The van der Waals surface area contributed by atoms with E-state index in [0.717, 1.165) is 52.9 Å². The van der Waals surface area contributed by atoms with Crippen molar-refractivity contribution in [3.05, 3.63) is 64.5 Å². The van der Waals surface area contributed by atoms with Crippen LogP contribution in [0.5, 0.6) is 5.75 Å². The molecule has 1 fully saturated rings. The topological polar surface area (TPSA) is 76.0 Å². The zero-order valence-corrected chi connectivity index (χ0v) is 26.9. The highest BCUT2D eigenvalue weighted by Crippen LogP contribution is 2.38. The number of carbonyl (C=O) groups excluding carboxylic acids is 1. The molecule has 226 valence electrons. The highest BCUT2D eigenvalue weighted by molar-refractivity contribution is 7.17. The standard InChI is InChI=1S/C34H46N4O3S/c1-7-33(3,4)26-16-17-28(27(23-26)34(5,6)8-2)41-20-12-15-30(39)37-35-24-29-31(25-13-10-9-11-14-25)36-32(42-29)38-18-21-40-22-19-38/h9-11,13-14,16-17,23-24H,7-8,12,15,18-22H2,1-6H3,(H,37,39). The number of nitrogens with zero attached hydrogens (tertiary/aromatic N) is 3. The number of nitrogens with one attached hydrogen (secondary N) is 1. The molecule has 3 aromatic rings. The second-order valence-electron chi connectivity index (χ2n) is 12.1. The van der Waals surface area contributed by atoms with Crippen LogP contribution in [-0.4, -0.2) is 50.0 Å². The predicted molar refractivity (Wildman–Crippen MR) is 174 cm³/mol. The summed E-state index contributed by atoms with van der Waals surface area (Å²) in [5.74, 6) is 0.772. The zero-order valence-electron chi connectivity index (χ0n) is 26.0. The first-order chi connectivity index (χ1) is 20.1. The average molecular weight is 591 g/mol. The molecule has 1 aromatic heterocycles. The number of hydrazone groups is 1. The molecule has 4 rings (SSSR count). The fourth-order valence-corrected chi connectivity index (χ4v) is 5.75. The van der Waals surface area contributed by atoms with Gasteiger partial charge in [0.05, 0.1) is 36.6 Å². The highest BCUT2D eigenvalue weighted by Gasteiger charge is 2.26. The smallest absolute Gasteiger partial charge is 0.240 e. The van der Waals surface area contributed by atoms with Crippen molar-refractivity contribution >= 4 is 28.6 Å². The molecule has 2 heterocycles. The summed E-state index contributed by atoms with van der Waals surface area (Å²) in [6.07, 6.45) is 4.73. The van der Waals surface area contributed by atoms with Crippen molar-refractivity contribution in [3.8, 4) is 17.0 Å². The Morgan fingerprint density at radius 2 is 1.79 bits per heavy atom. The van der Waals surface area contributed by atoms with Gasteiger partial charge in [0.25, 0.3) is 0 Å². The van der Waals surface area contributed by atoms with E-state index in [-0.39, 0.29) is 16.7 Å². The van der Waals surface area contributed by atoms with E-state index in [4.69, 9.17) is 14.5 Å². The van der Waals surface area contributed by atoms with Gasteiger partial charge in [-0.3, -0.25) is 4.79 Å². The number of thiazole rings is 1. The molecular formula is C34H46N4O3S. The summed E-state index contributed by atoms with van der Waals surface area (Å²) in [6, 6.07) is 16.7. The lowest BCUT2D eigenvalue weighted by atomic mass is 9.76. The largest absolute Gasteiger partial charge is 0.493 e. The van der Waals surface area contributed by atoms with Gasteiger partial charge in [-0.25, -0.2) is 10.4 Å². The predicted octanol–water partition coefficient (Wildman–Crippen LogP) is 7.33. The second kappa shape index (κ2) is 14.3. The van der Waals surface area contributed by atoms with Gasteiger partial charge in [0.2, 0.25) is 5.91 Å². The summed E-state index contributed by atoms with van der Waals surface area (Å²) in [5.41, 5.74) is 7.26. The first-order valence-corrected chi connectivity index (χ1v) is 15.9. The molecule has 0 spiro atoms. The summed E-state index contributed by atoms with van der Waals surface area (Å²) < 4.78 is 11.7. The van der Waals surface area contributed by atoms with Crippen molar-refractivity contribution in [2.45, 2.75) is 78.1 Å². The van der Waals surface area contributed by atoms with Crippen LogP contribution in [0.4, 0.5) is 5.13 Å². The summed E-state index contributed by atoms with van der Waals surface area (Å²) in [6.45, 7) is 17.0. The molecule has 2 aromatic carbocycles. The molecule has 0 atom stereocenters. The zero-order chi connectivity index (χ0) is 30.2. The number of rotatable bonds is 13. The van der Waals surface area contributed by atoms with Crippen LogP contribution < -0.4 is 15.1 Å². The van der Waals surface area contributed by atoms with Crippen molar-refractivity contribution in [3.63, 3.8) is 0 Å². The number of aromatic nitrogens is 1. The summed E-state index contributed by atoms with van der Waals surface area (Å²) >= 11 is 1.58. The van der Waals surface area contributed by atoms with Gasteiger partial charge >= 0.3 is 0 Å². The van der Waals surface area contributed by atoms with Gasteiger partial charge < -0.3 is 14.4 Å². The summed E-state index contributed by atoms with van der Waals surface area (Å²) in [7, 11) is 0. The number of morpholine rings is 1. The van der Waals surface area contributed by atoms with Gasteiger partial charge in [-0.05, 0) is 41.7 Å². The molecule has 0 aliphatic carbocycles. The van der Waals surface area contributed by atoms with E-state index in [2.05, 4.69) is 75.2 Å². The van der Waals surface area contributed by atoms with Gasteiger partial charge in [0, 0.05) is 30.6 Å². The third-order valence-electron chi connectivity index (χ3n) is 8.41. The number of ether oxygens (including phenoxy) is 2. The Morgan fingerprint density at radius 3 is 2.48 bits per heavy atom. The molecule has 1 amide bonds. The van der Waals surface area contributed by atoms with Crippen LogP contribution in [0.3, 0.4) is 0 Å². The van der Waals surface area contributed by atoms with E-state index in [1.165, 1.54) is 11.1 Å². The lowest BCUT2D eigenvalue weighted by molar-refractivity contribution is -0.121. The number of hydrogen-bond donors (Lipinski definition) is 1. The Bertz CT molecular complexity index is 1340. The van der Waals surface area contributed by atoms with Crippen LogP contribution in [-0.2, 0) is 20.4 Å². The third-order valence-corrected chi connectivity index (χ3v) is 9.46. The Balaban J connectivity index is 1.35. The van der Waals surface area contributed by atoms with Crippen LogP contribution >= 0.6 is 11.3 Å². The van der Waals surface area contributed by atoms with E-state index in [0.29, 0.717) is 32.7 Å². The van der Waals surface area contributed by atoms with Crippen molar-refractivity contribution < 1.29 is 14.3 Å². The van der Waals surface area contributed by atoms with E-state index < -0.39 is 0 Å². The number of anilines is 1. The minimum Gasteiger partial charge on any atom is -0.493 e. The van der Waals surface area contributed by atoms with Crippen LogP contribution in [0.15, 0.2) is 53.6 Å². The normalized spacial score (nSPS) is 14.4. The lowest BCUT2D eigenvalue weighted by Crippen LogP contribution is -2.36. The molecule has 1 aliphatic rings. The number of hydrogen-bond acceptors (Lipinski definition) is 7. The molecule has 7 nitrogen and oxygen atoms in total. The van der Waals surface area contributed by atoms with E-state index in [9.17, 15) is 4.79 Å².